The van der Waals surface area contributed by atoms with Gasteiger partial charge in [0.25, 0.3) is 14.2 Å². The summed E-state index contributed by atoms with van der Waals surface area (Å²) in [4.78, 5) is 71.6. The minimum atomic E-state index is -2.67. The molecule has 0 aromatic heterocycles. The van der Waals surface area contributed by atoms with E-state index >= 15 is 4.79 Å². The second-order valence-corrected chi connectivity index (χ2v) is 30.6. The Morgan fingerprint density at radius 1 is 0.882 bits per heavy atom. The lowest BCUT2D eigenvalue weighted by Gasteiger charge is -2.44. The number of hydrogen-bond donors (Lipinski definition) is 3. The van der Waals surface area contributed by atoms with Crippen LogP contribution >= 0.6 is 0 Å². The molecule has 374 valence electrons. The molecule has 68 heavy (non-hydrogen) atoms. The summed E-state index contributed by atoms with van der Waals surface area (Å²) in [6.45, 7) is 34.1. The molecule has 4 rings (SSSR count). The van der Waals surface area contributed by atoms with Gasteiger partial charge in [-0.3, -0.25) is 14.4 Å². The first-order chi connectivity index (χ1) is 31.7. The van der Waals surface area contributed by atoms with E-state index in [4.69, 9.17) is 23.1 Å². The largest absolute Gasteiger partial charge is 0.540 e. The Balaban J connectivity index is 1.72. The second kappa shape index (κ2) is 22.8. The molecule has 4 atom stereocenters. The van der Waals surface area contributed by atoms with Crippen LogP contribution in [0.2, 0.25) is 34.8 Å². The normalized spacial score (nSPS) is 17.4. The van der Waals surface area contributed by atoms with E-state index in [9.17, 15) is 19.2 Å². The van der Waals surface area contributed by atoms with E-state index in [1.165, 1.54) is 17.9 Å². The predicted octanol–water partition coefficient (Wildman–Crippen LogP) is 10.8. The third kappa shape index (κ3) is 12.4. The molecule has 0 bridgehead atoms. The highest BCUT2D eigenvalue weighted by molar-refractivity contribution is 6.78. The van der Waals surface area contributed by atoms with Crippen LogP contribution < -0.4 is 30.0 Å². The summed E-state index contributed by atoms with van der Waals surface area (Å²) in [6, 6.07) is 7.75. The molecule has 2 aromatic carbocycles. The van der Waals surface area contributed by atoms with E-state index in [0.29, 0.717) is 34.9 Å². The van der Waals surface area contributed by atoms with Crippen LogP contribution in [-0.4, -0.2) is 89.5 Å². The van der Waals surface area contributed by atoms with E-state index in [1.807, 2.05) is 25.3 Å². The number of amides is 5. The van der Waals surface area contributed by atoms with Crippen LogP contribution in [0.5, 0.6) is 11.5 Å². The van der Waals surface area contributed by atoms with E-state index in [-0.39, 0.29) is 52.3 Å². The number of carbonyl (C=O) groups excluding carboxylic acids is 5. The zero-order valence-electron chi connectivity index (χ0n) is 43.2. The first-order valence-electron chi connectivity index (χ1n) is 23.7. The highest BCUT2D eigenvalue weighted by Crippen LogP contribution is 2.49. The SMILES string of the molecule is C=CCOC(=O)N[C@H](C(=O)N[C@@H](C)C(=O)Nc1ccc(COC(=O)N2c3cc(O[Si](C(C)C)(C(C)C)C(C)C)c(OC)cc3C(=O)N3C=C(/C=C/C)CC3C2O[Si](C)(C)C(C)(C)C)cc1)C(C)C. The summed E-state index contributed by atoms with van der Waals surface area (Å²) in [5, 5.41) is 7.74. The van der Waals surface area contributed by atoms with Gasteiger partial charge in [0.15, 0.2) is 20.3 Å². The molecule has 2 unspecified atom stereocenters. The zero-order chi connectivity index (χ0) is 51.1. The number of rotatable bonds is 19. The Hall–Kier alpha value is -5.40. The number of carbonyl (C=O) groups is 5. The van der Waals surface area contributed by atoms with E-state index < -0.39 is 65.0 Å². The van der Waals surface area contributed by atoms with Crippen LogP contribution in [0.3, 0.4) is 0 Å². The molecule has 2 aromatic rings. The van der Waals surface area contributed by atoms with Gasteiger partial charge in [0, 0.05) is 18.0 Å². The van der Waals surface area contributed by atoms with Crippen molar-refractivity contribution in [2.45, 2.75) is 162 Å². The number of ether oxygens (including phenoxy) is 3. The van der Waals surface area contributed by atoms with E-state index in [1.54, 1.807) is 62.3 Å². The van der Waals surface area contributed by atoms with Crippen LogP contribution in [0, 0.1) is 5.92 Å². The highest BCUT2D eigenvalue weighted by atomic mass is 28.4. The van der Waals surface area contributed by atoms with Crippen LogP contribution in [0.4, 0.5) is 21.0 Å². The number of fused-ring (bicyclic) bond motifs is 2. The molecule has 2 aliphatic rings. The number of nitrogens with one attached hydrogen (secondary N) is 3. The molecule has 5 amide bonds. The number of anilines is 2. The maximum absolute atomic E-state index is 15.1. The minimum Gasteiger partial charge on any atom is -0.540 e. The van der Waals surface area contributed by atoms with Gasteiger partial charge in [-0.05, 0) is 90.3 Å². The number of benzene rings is 2. The first kappa shape index (κ1) is 55.2. The smallest absolute Gasteiger partial charge is 0.416 e. The molecular weight excluding hydrogens is 899 g/mol. The van der Waals surface area contributed by atoms with Crippen molar-refractivity contribution in [1.29, 1.82) is 0 Å². The quantitative estimate of drug-likeness (QED) is 0.0908. The fourth-order valence-electron chi connectivity index (χ4n) is 8.76. The van der Waals surface area contributed by atoms with Crippen molar-refractivity contribution in [1.82, 2.24) is 15.5 Å². The van der Waals surface area contributed by atoms with Gasteiger partial charge in [-0.2, -0.15) is 0 Å². The average molecular weight is 976 g/mol. The van der Waals surface area contributed by atoms with Crippen LogP contribution in [-0.2, 0) is 30.1 Å². The topological polar surface area (TPSA) is 174 Å². The minimum absolute atomic E-state index is 0.0142. The monoisotopic (exact) mass is 976 g/mol. The summed E-state index contributed by atoms with van der Waals surface area (Å²) in [5.74, 6) is -0.784. The molecular formula is C51H77N5O10Si2. The van der Waals surface area contributed by atoms with Crippen molar-refractivity contribution in [3.8, 4) is 11.5 Å². The fourth-order valence-corrected chi connectivity index (χ4v) is 15.2. The van der Waals surface area contributed by atoms with Gasteiger partial charge in [0.05, 0.1) is 24.4 Å². The Kier molecular flexibility index (Phi) is 18.5. The van der Waals surface area contributed by atoms with Crippen LogP contribution in [0.15, 0.2) is 73.0 Å². The summed E-state index contributed by atoms with van der Waals surface area (Å²) < 4.78 is 31.7. The molecule has 0 radical (unpaired) electrons. The lowest BCUT2D eigenvalue weighted by atomic mass is 10.0. The lowest BCUT2D eigenvalue weighted by molar-refractivity contribution is -0.128. The lowest BCUT2D eigenvalue weighted by Crippen LogP contribution is -2.57. The molecule has 0 spiro atoms. The van der Waals surface area contributed by atoms with Crippen molar-refractivity contribution in [3.05, 3.63) is 84.1 Å². The Labute approximate surface area is 406 Å². The molecule has 2 heterocycles. The van der Waals surface area contributed by atoms with Gasteiger partial charge in [-0.15, -0.1) is 0 Å². The Morgan fingerprint density at radius 2 is 1.50 bits per heavy atom. The van der Waals surface area contributed by atoms with Gasteiger partial charge in [-0.25, -0.2) is 14.5 Å². The molecule has 0 saturated carbocycles. The maximum Gasteiger partial charge on any atom is 0.416 e. The third-order valence-corrected chi connectivity index (χ3v) is 23.8. The predicted molar refractivity (Wildman–Crippen MR) is 273 cm³/mol. The Morgan fingerprint density at radius 3 is 2.03 bits per heavy atom. The number of nitrogens with zero attached hydrogens (tertiary/aromatic N) is 2. The first-order valence-corrected chi connectivity index (χ1v) is 28.7. The molecule has 17 heteroatoms. The van der Waals surface area contributed by atoms with E-state index in [0.717, 1.165) is 5.57 Å². The molecule has 0 saturated heterocycles. The van der Waals surface area contributed by atoms with Gasteiger partial charge in [-0.1, -0.05) is 113 Å². The molecule has 15 nitrogen and oxygen atoms in total. The van der Waals surface area contributed by atoms with Crippen molar-refractivity contribution in [3.63, 3.8) is 0 Å². The number of methoxy groups -OCH3 is 1. The van der Waals surface area contributed by atoms with E-state index in [2.05, 4.69) is 97.9 Å². The second-order valence-electron chi connectivity index (χ2n) is 20.5. The van der Waals surface area contributed by atoms with Gasteiger partial charge in [0.2, 0.25) is 11.8 Å². The number of allylic oxidation sites excluding steroid dienone is 2. The summed E-state index contributed by atoms with van der Waals surface area (Å²) in [5.41, 5.74) is 3.20. The molecule has 0 fully saturated rings. The molecule has 3 N–H and O–H groups in total. The Bertz CT molecular complexity index is 2190. The standard InChI is InChI=1S/C51H77N5O10Si2/c1-18-20-37-26-41-48(66-67(16,17)51(12,13)14)56(40-28-43(65-68(32(5)6,33(7)8)34(9)10)42(62-15)27-39(40)47(59)55(41)29-37)50(61)64-30-36-21-23-38(24-22-36)53-45(57)35(11)52-46(58)44(31(3)4)54-49(60)63-25-19-2/h18-24,27-29,31-35,41,44,48H,2,25-26,30H2,1,3-17H3,(H,52,58)(H,53,57)(H,54,60)/b20-18+/t35-,41?,44-,48?/m0/s1. The third-order valence-electron chi connectivity index (χ3n) is 13.4. The van der Waals surface area contributed by atoms with Crippen molar-refractivity contribution < 1.29 is 47.0 Å². The van der Waals surface area contributed by atoms with Crippen molar-refractivity contribution >= 4 is 57.9 Å². The van der Waals surface area contributed by atoms with Crippen LogP contribution in [0.25, 0.3) is 0 Å². The summed E-state index contributed by atoms with van der Waals surface area (Å²) in [7, 11) is -3.69. The van der Waals surface area contributed by atoms with Gasteiger partial charge >= 0.3 is 12.2 Å². The highest BCUT2D eigenvalue weighted by Gasteiger charge is 2.52. The number of alkyl carbamates (subject to hydrolysis) is 1. The summed E-state index contributed by atoms with van der Waals surface area (Å²) in [6.07, 6.45) is 5.15. The van der Waals surface area contributed by atoms with Gasteiger partial charge < -0.3 is 43.9 Å². The van der Waals surface area contributed by atoms with Crippen LogP contribution in [0.1, 0.15) is 112 Å². The molecule has 2 aliphatic heterocycles. The van der Waals surface area contributed by atoms with Crippen molar-refractivity contribution in [2.24, 2.45) is 5.92 Å². The molecule has 0 aliphatic carbocycles. The zero-order valence-corrected chi connectivity index (χ0v) is 45.2. The van der Waals surface area contributed by atoms with Crippen molar-refractivity contribution in [2.75, 3.05) is 23.9 Å². The average Bonchev–Trinajstić information content (AvgIpc) is 3.65. The maximum atomic E-state index is 15.1. The van der Waals surface area contributed by atoms with Gasteiger partial charge in [0.1, 0.15) is 31.0 Å². The summed E-state index contributed by atoms with van der Waals surface area (Å²) >= 11 is 0. The number of hydrogen-bond acceptors (Lipinski definition) is 10. The fraction of sp³-hybridized carbons (Fsp3) is 0.549.